The van der Waals surface area contributed by atoms with Crippen molar-refractivity contribution in [3.63, 3.8) is 0 Å². The van der Waals surface area contributed by atoms with Gasteiger partial charge in [-0.05, 0) is 41.5 Å². The largest absolute Gasteiger partial charge is 0.488 e. The van der Waals surface area contributed by atoms with Gasteiger partial charge >= 0.3 is 0 Å². The zero-order valence-corrected chi connectivity index (χ0v) is 15.6. The van der Waals surface area contributed by atoms with Crippen LogP contribution in [0.3, 0.4) is 0 Å². The lowest BCUT2D eigenvalue weighted by molar-refractivity contribution is 0.266. The van der Waals surface area contributed by atoms with Gasteiger partial charge in [0.15, 0.2) is 11.5 Å². The first-order chi connectivity index (χ1) is 12.7. The van der Waals surface area contributed by atoms with E-state index in [9.17, 15) is 0 Å². The molecule has 134 valence electrons. The van der Waals surface area contributed by atoms with Crippen LogP contribution in [-0.2, 0) is 6.61 Å². The first kappa shape index (κ1) is 18.6. The second kappa shape index (κ2) is 8.95. The number of ether oxygens (including phenoxy) is 2. The minimum atomic E-state index is 0.416. The standard InChI is InChI=1S/C21H19Cl2NO2/c22-17-7-8-19(23)18(13-17)16-6-9-20(25-11-10-24)21(12-16)26-14-15-4-2-1-3-5-15/h1-9,12-13H,10-11,14,24H2. The lowest BCUT2D eigenvalue weighted by Gasteiger charge is -2.15. The maximum atomic E-state index is 6.33. The van der Waals surface area contributed by atoms with E-state index in [-0.39, 0.29) is 0 Å². The summed E-state index contributed by atoms with van der Waals surface area (Å²) in [6.45, 7) is 1.28. The van der Waals surface area contributed by atoms with Crippen LogP contribution in [0.2, 0.25) is 10.0 Å². The van der Waals surface area contributed by atoms with E-state index in [1.807, 2.05) is 54.6 Å². The molecule has 3 rings (SSSR count). The third-order valence-corrected chi connectivity index (χ3v) is 4.36. The highest BCUT2D eigenvalue weighted by molar-refractivity contribution is 6.35. The van der Waals surface area contributed by atoms with Gasteiger partial charge in [0.1, 0.15) is 13.2 Å². The molecule has 0 heterocycles. The van der Waals surface area contributed by atoms with Crippen molar-refractivity contribution < 1.29 is 9.47 Å². The third kappa shape index (κ3) is 4.70. The van der Waals surface area contributed by atoms with Gasteiger partial charge < -0.3 is 15.2 Å². The van der Waals surface area contributed by atoms with Crippen LogP contribution < -0.4 is 15.2 Å². The summed E-state index contributed by atoms with van der Waals surface area (Å²) in [4.78, 5) is 0. The molecular formula is C21H19Cl2NO2. The molecule has 0 aliphatic carbocycles. The van der Waals surface area contributed by atoms with E-state index in [4.69, 9.17) is 38.4 Å². The Balaban J connectivity index is 1.91. The molecule has 0 spiro atoms. The highest BCUT2D eigenvalue weighted by Gasteiger charge is 2.11. The monoisotopic (exact) mass is 387 g/mol. The molecule has 0 bridgehead atoms. The van der Waals surface area contributed by atoms with Crippen molar-refractivity contribution in [1.29, 1.82) is 0 Å². The molecule has 0 amide bonds. The van der Waals surface area contributed by atoms with Crippen LogP contribution in [0, 0.1) is 0 Å². The number of benzene rings is 3. The summed E-state index contributed by atoms with van der Waals surface area (Å²) in [6, 6.07) is 21.0. The fourth-order valence-electron chi connectivity index (χ4n) is 2.53. The molecule has 0 saturated carbocycles. The lowest BCUT2D eigenvalue weighted by Crippen LogP contribution is -2.11. The molecule has 0 aliphatic rings. The molecule has 0 atom stereocenters. The van der Waals surface area contributed by atoms with Gasteiger partial charge in [-0.15, -0.1) is 0 Å². The van der Waals surface area contributed by atoms with E-state index in [1.54, 1.807) is 12.1 Å². The van der Waals surface area contributed by atoms with Gasteiger partial charge in [0.05, 0.1) is 0 Å². The average molecular weight is 388 g/mol. The van der Waals surface area contributed by atoms with E-state index < -0.39 is 0 Å². The predicted octanol–water partition coefficient (Wildman–Crippen LogP) is 5.58. The van der Waals surface area contributed by atoms with Crippen molar-refractivity contribution in [2.45, 2.75) is 6.61 Å². The molecule has 0 aromatic heterocycles. The zero-order valence-electron chi connectivity index (χ0n) is 14.1. The molecule has 0 fully saturated rings. The maximum absolute atomic E-state index is 6.33. The van der Waals surface area contributed by atoms with Crippen molar-refractivity contribution in [2.24, 2.45) is 5.73 Å². The van der Waals surface area contributed by atoms with E-state index in [1.165, 1.54) is 0 Å². The Labute approximate surface area is 163 Å². The van der Waals surface area contributed by atoms with E-state index >= 15 is 0 Å². The van der Waals surface area contributed by atoms with Crippen LogP contribution in [0.1, 0.15) is 5.56 Å². The Bertz CT molecular complexity index is 869. The van der Waals surface area contributed by atoms with Gasteiger partial charge in [-0.2, -0.15) is 0 Å². The van der Waals surface area contributed by atoms with E-state index in [0.717, 1.165) is 16.7 Å². The number of hydrogen-bond acceptors (Lipinski definition) is 3. The summed E-state index contributed by atoms with van der Waals surface area (Å²) >= 11 is 12.5. The summed E-state index contributed by atoms with van der Waals surface area (Å²) in [7, 11) is 0. The van der Waals surface area contributed by atoms with Gasteiger partial charge in [-0.25, -0.2) is 0 Å². The fraction of sp³-hybridized carbons (Fsp3) is 0.143. The van der Waals surface area contributed by atoms with Gasteiger partial charge in [0.25, 0.3) is 0 Å². The highest BCUT2D eigenvalue weighted by atomic mass is 35.5. The second-order valence-electron chi connectivity index (χ2n) is 5.70. The molecule has 3 aromatic rings. The molecule has 0 radical (unpaired) electrons. The predicted molar refractivity (Wildman–Crippen MR) is 107 cm³/mol. The Kier molecular flexibility index (Phi) is 6.40. The first-order valence-corrected chi connectivity index (χ1v) is 9.02. The number of halogens is 2. The number of nitrogens with two attached hydrogens (primary N) is 1. The average Bonchev–Trinajstić information content (AvgIpc) is 2.67. The Morgan fingerprint density at radius 2 is 1.62 bits per heavy atom. The molecular weight excluding hydrogens is 369 g/mol. The normalized spacial score (nSPS) is 10.6. The van der Waals surface area contributed by atoms with Gasteiger partial charge in [-0.1, -0.05) is 59.6 Å². The highest BCUT2D eigenvalue weighted by Crippen LogP contribution is 2.37. The summed E-state index contributed by atoms with van der Waals surface area (Å²) in [5.41, 5.74) is 8.37. The summed E-state index contributed by atoms with van der Waals surface area (Å²) < 4.78 is 11.7. The first-order valence-electron chi connectivity index (χ1n) is 8.26. The molecule has 0 saturated heterocycles. The van der Waals surface area contributed by atoms with Crippen LogP contribution in [0.25, 0.3) is 11.1 Å². The molecule has 0 aliphatic heterocycles. The number of rotatable bonds is 7. The Hall–Kier alpha value is -2.20. The van der Waals surface area contributed by atoms with Crippen molar-refractivity contribution in [3.05, 3.63) is 82.3 Å². The molecule has 3 aromatic carbocycles. The second-order valence-corrected chi connectivity index (χ2v) is 6.54. The van der Waals surface area contributed by atoms with Crippen molar-refractivity contribution in [1.82, 2.24) is 0 Å². The maximum Gasteiger partial charge on any atom is 0.162 e. The van der Waals surface area contributed by atoms with Crippen LogP contribution in [0.4, 0.5) is 0 Å². The summed E-state index contributed by atoms with van der Waals surface area (Å²) in [5, 5.41) is 1.25. The van der Waals surface area contributed by atoms with Gasteiger partial charge in [0.2, 0.25) is 0 Å². The molecule has 5 heteroatoms. The zero-order chi connectivity index (χ0) is 18.4. The molecule has 2 N–H and O–H groups in total. The Morgan fingerprint density at radius 1 is 0.808 bits per heavy atom. The van der Waals surface area contributed by atoms with E-state index in [0.29, 0.717) is 41.3 Å². The molecule has 0 unspecified atom stereocenters. The topological polar surface area (TPSA) is 44.5 Å². The summed E-state index contributed by atoms with van der Waals surface area (Å²) in [5.74, 6) is 1.28. The smallest absolute Gasteiger partial charge is 0.162 e. The third-order valence-electron chi connectivity index (χ3n) is 3.80. The minimum absolute atomic E-state index is 0.416. The van der Waals surface area contributed by atoms with E-state index in [2.05, 4.69) is 0 Å². The minimum Gasteiger partial charge on any atom is -0.488 e. The SMILES string of the molecule is NCCOc1ccc(-c2cc(Cl)ccc2Cl)cc1OCc1ccccc1. The molecule has 26 heavy (non-hydrogen) atoms. The van der Waals surface area contributed by atoms with Crippen LogP contribution in [0.15, 0.2) is 66.7 Å². The van der Waals surface area contributed by atoms with Crippen LogP contribution >= 0.6 is 23.2 Å². The quantitative estimate of drug-likeness (QED) is 0.575. The number of hydrogen-bond donors (Lipinski definition) is 1. The van der Waals surface area contributed by atoms with Gasteiger partial charge in [-0.3, -0.25) is 0 Å². The van der Waals surface area contributed by atoms with Crippen molar-refractivity contribution in [2.75, 3.05) is 13.2 Å². The fourth-order valence-corrected chi connectivity index (χ4v) is 2.93. The molecule has 3 nitrogen and oxygen atoms in total. The van der Waals surface area contributed by atoms with Crippen LogP contribution in [0.5, 0.6) is 11.5 Å². The van der Waals surface area contributed by atoms with Crippen molar-refractivity contribution >= 4 is 23.2 Å². The van der Waals surface area contributed by atoms with Crippen molar-refractivity contribution in [3.8, 4) is 22.6 Å². The van der Waals surface area contributed by atoms with Gasteiger partial charge in [0, 0.05) is 22.2 Å². The lowest BCUT2D eigenvalue weighted by atomic mass is 10.0. The summed E-state index contributed by atoms with van der Waals surface area (Å²) in [6.07, 6.45) is 0. The Morgan fingerprint density at radius 3 is 2.38 bits per heavy atom. The van der Waals surface area contributed by atoms with Crippen LogP contribution in [-0.4, -0.2) is 13.2 Å².